The molecule has 1 aromatic carbocycles. The maximum atomic E-state index is 5.97. The van der Waals surface area contributed by atoms with Crippen LogP contribution in [-0.4, -0.2) is 38.0 Å². The molecule has 1 aromatic heterocycles. The third kappa shape index (κ3) is 7.49. The zero-order valence-electron chi connectivity index (χ0n) is 18.8. The Kier molecular flexibility index (Phi) is 8.74. The zero-order valence-corrected chi connectivity index (χ0v) is 19.6. The molecule has 0 saturated heterocycles. The number of nitrogens with zero attached hydrogens (tertiary/aromatic N) is 4. The van der Waals surface area contributed by atoms with Crippen LogP contribution in [0.4, 0.5) is 16.5 Å². The molecule has 0 saturated carbocycles. The first-order valence-corrected chi connectivity index (χ1v) is 11.1. The van der Waals surface area contributed by atoms with Crippen LogP contribution < -0.4 is 9.47 Å². The lowest BCUT2D eigenvalue weighted by Crippen LogP contribution is -2.38. The van der Waals surface area contributed by atoms with Crippen LogP contribution in [-0.2, 0) is 16.5 Å². The van der Waals surface area contributed by atoms with Crippen molar-refractivity contribution in [3.8, 4) is 0 Å². The lowest BCUT2D eigenvalue weighted by molar-refractivity contribution is -0.654. The Morgan fingerprint density at radius 1 is 1.21 bits per heavy atom. The Morgan fingerprint density at radius 3 is 2.52 bits per heavy atom. The topological polar surface area (TPSA) is 50.3 Å². The molecule has 29 heavy (non-hydrogen) atoms. The minimum Gasteiger partial charge on any atom is -0.374 e. The molecule has 0 aliphatic rings. The highest BCUT2D eigenvalue weighted by atomic mass is 32.1. The third-order valence-electron chi connectivity index (χ3n) is 4.46. The van der Waals surface area contributed by atoms with E-state index in [2.05, 4.69) is 61.9 Å². The standard InChI is InChI=1S/C22H35N4O2S/c1-8-26(15-19(27-9-2)16-28-22(4,5)6)18-10-11-20(17(3)14-18)23-24-21-25(7)12-13-29-21/h10-14,19H,8-9,15-16H2,1-7H3/q+1. The van der Waals surface area contributed by atoms with Crippen molar-refractivity contribution in [2.24, 2.45) is 17.3 Å². The van der Waals surface area contributed by atoms with Gasteiger partial charge in [-0.1, -0.05) is 0 Å². The highest BCUT2D eigenvalue weighted by Crippen LogP contribution is 2.27. The Bertz CT molecular complexity index is 798. The average molecular weight is 420 g/mol. The highest BCUT2D eigenvalue weighted by Gasteiger charge is 2.19. The molecule has 0 fully saturated rings. The molecule has 0 N–H and O–H groups in total. The molecule has 160 valence electrons. The number of rotatable bonds is 10. The molecule has 0 radical (unpaired) electrons. The number of hydrogen-bond acceptors (Lipinski definition) is 6. The second-order valence-corrected chi connectivity index (χ2v) is 8.88. The second kappa shape index (κ2) is 10.8. The van der Waals surface area contributed by atoms with Gasteiger partial charge in [0.05, 0.1) is 30.5 Å². The van der Waals surface area contributed by atoms with Gasteiger partial charge in [0, 0.05) is 30.8 Å². The van der Waals surface area contributed by atoms with Crippen molar-refractivity contribution >= 4 is 27.8 Å². The maximum Gasteiger partial charge on any atom is 0.408 e. The number of thiazole rings is 1. The molecule has 0 bridgehead atoms. The summed E-state index contributed by atoms with van der Waals surface area (Å²) in [5.41, 5.74) is 2.97. The molecule has 2 rings (SSSR count). The van der Waals surface area contributed by atoms with Gasteiger partial charge in [0.25, 0.3) is 0 Å². The maximum absolute atomic E-state index is 5.97. The quantitative estimate of drug-likeness (QED) is 0.386. The minimum absolute atomic E-state index is 0.0256. The number of aromatic nitrogens is 1. The van der Waals surface area contributed by atoms with E-state index < -0.39 is 0 Å². The summed E-state index contributed by atoms with van der Waals surface area (Å²) in [6, 6.07) is 6.30. The Balaban J connectivity index is 2.10. The van der Waals surface area contributed by atoms with Gasteiger partial charge in [-0.05, 0) is 81.8 Å². The highest BCUT2D eigenvalue weighted by molar-refractivity contribution is 7.12. The largest absolute Gasteiger partial charge is 0.408 e. The zero-order chi connectivity index (χ0) is 21.4. The SMILES string of the molecule is CCOC(COC(C)(C)C)CN(CC)c1ccc(N=Nc2scc[n+]2C)c(C)c1. The van der Waals surface area contributed by atoms with E-state index in [1.54, 1.807) is 11.3 Å². The van der Waals surface area contributed by atoms with Gasteiger partial charge in [-0.15, -0.1) is 0 Å². The van der Waals surface area contributed by atoms with Gasteiger partial charge in [0.1, 0.15) is 11.9 Å². The van der Waals surface area contributed by atoms with Gasteiger partial charge in [0.2, 0.25) is 0 Å². The smallest absolute Gasteiger partial charge is 0.374 e. The summed E-state index contributed by atoms with van der Waals surface area (Å²) in [6.07, 6.45) is 2.00. The van der Waals surface area contributed by atoms with Crippen LogP contribution >= 0.6 is 11.3 Å². The molecule has 6 nitrogen and oxygen atoms in total. The van der Waals surface area contributed by atoms with Gasteiger partial charge in [0.15, 0.2) is 0 Å². The summed E-state index contributed by atoms with van der Waals surface area (Å²) in [5, 5.41) is 11.7. The lowest BCUT2D eigenvalue weighted by Gasteiger charge is -2.30. The predicted octanol–water partition coefficient (Wildman–Crippen LogP) is 5.34. The van der Waals surface area contributed by atoms with Gasteiger partial charge in [-0.3, -0.25) is 0 Å². The number of azo groups is 1. The van der Waals surface area contributed by atoms with Crippen LogP contribution in [0.1, 0.15) is 40.2 Å². The molecular weight excluding hydrogens is 384 g/mol. The number of likely N-dealkylation sites (N-methyl/N-ethyl adjacent to an activating group) is 1. The molecule has 0 spiro atoms. The van der Waals surface area contributed by atoms with Gasteiger partial charge in [-0.25, -0.2) is 4.57 Å². The van der Waals surface area contributed by atoms with Crippen molar-refractivity contribution in [3.63, 3.8) is 0 Å². The average Bonchev–Trinajstić information content (AvgIpc) is 3.07. The fraction of sp³-hybridized carbons (Fsp3) is 0.591. The first-order valence-electron chi connectivity index (χ1n) is 10.2. The van der Waals surface area contributed by atoms with E-state index in [4.69, 9.17) is 9.47 Å². The van der Waals surface area contributed by atoms with Crippen LogP contribution in [0.2, 0.25) is 0 Å². The number of aryl methyl sites for hydroxylation is 2. The van der Waals surface area contributed by atoms with E-state index in [1.807, 2.05) is 36.2 Å². The third-order valence-corrected chi connectivity index (χ3v) is 5.30. The molecule has 1 unspecified atom stereocenters. The van der Waals surface area contributed by atoms with Crippen molar-refractivity contribution in [1.82, 2.24) is 0 Å². The van der Waals surface area contributed by atoms with E-state index in [0.29, 0.717) is 13.2 Å². The fourth-order valence-electron chi connectivity index (χ4n) is 2.86. The van der Waals surface area contributed by atoms with Crippen LogP contribution in [0, 0.1) is 6.92 Å². The van der Waals surface area contributed by atoms with Crippen molar-refractivity contribution in [1.29, 1.82) is 0 Å². The van der Waals surface area contributed by atoms with E-state index in [1.165, 1.54) is 0 Å². The molecule has 1 atom stereocenters. The first-order chi connectivity index (χ1) is 13.7. The van der Waals surface area contributed by atoms with Gasteiger partial charge >= 0.3 is 5.13 Å². The van der Waals surface area contributed by atoms with Crippen LogP contribution in [0.15, 0.2) is 40.0 Å². The predicted molar refractivity (Wildman–Crippen MR) is 120 cm³/mol. The normalized spacial score (nSPS) is 13.2. The summed E-state index contributed by atoms with van der Waals surface area (Å²) < 4.78 is 13.9. The van der Waals surface area contributed by atoms with Crippen molar-refractivity contribution in [2.75, 3.05) is 31.2 Å². The van der Waals surface area contributed by atoms with E-state index in [9.17, 15) is 0 Å². The summed E-state index contributed by atoms with van der Waals surface area (Å²) >= 11 is 1.57. The summed E-state index contributed by atoms with van der Waals surface area (Å²) in [6.45, 7) is 15.4. The van der Waals surface area contributed by atoms with Crippen molar-refractivity contribution in [3.05, 3.63) is 35.3 Å². The Hall–Kier alpha value is -1.83. The van der Waals surface area contributed by atoms with Gasteiger partial charge < -0.3 is 14.4 Å². The Morgan fingerprint density at radius 2 is 1.97 bits per heavy atom. The van der Waals surface area contributed by atoms with Crippen LogP contribution in [0.3, 0.4) is 0 Å². The number of anilines is 1. The number of hydrogen-bond donors (Lipinski definition) is 0. The molecule has 1 heterocycles. The van der Waals surface area contributed by atoms with Crippen LogP contribution in [0.5, 0.6) is 0 Å². The summed E-state index contributed by atoms with van der Waals surface area (Å²) in [7, 11) is 1.97. The monoisotopic (exact) mass is 419 g/mol. The molecule has 2 aromatic rings. The molecular formula is C22H35N4O2S+. The second-order valence-electron chi connectivity index (χ2n) is 8.01. The van der Waals surface area contributed by atoms with Crippen LogP contribution in [0.25, 0.3) is 0 Å². The molecule has 0 amide bonds. The summed E-state index contributed by atoms with van der Waals surface area (Å²) in [4.78, 5) is 2.32. The molecule has 7 heteroatoms. The van der Waals surface area contributed by atoms with E-state index >= 15 is 0 Å². The van der Waals surface area contributed by atoms with Crippen molar-refractivity contribution < 1.29 is 14.0 Å². The van der Waals surface area contributed by atoms with E-state index in [0.717, 1.165) is 35.2 Å². The molecule has 0 aliphatic carbocycles. The first kappa shape index (κ1) is 23.4. The minimum atomic E-state index is -0.172. The van der Waals surface area contributed by atoms with Crippen molar-refractivity contribution in [2.45, 2.75) is 53.2 Å². The lowest BCUT2D eigenvalue weighted by atomic mass is 10.1. The van der Waals surface area contributed by atoms with Gasteiger partial charge in [-0.2, -0.15) is 0 Å². The van der Waals surface area contributed by atoms with E-state index in [-0.39, 0.29) is 11.7 Å². The number of benzene rings is 1. The summed E-state index contributed by atoms with van der Waals surface area (Å²) in [5.74, 6) is 0. The Labute approximate surface area is 179 Å². The fourth-order valence-corrected chi connectivity index (χ4v) is 3.54. The number of ether oxygens (including phenoxy) is 2. The molecule has 0 aliphatic heterocycles.